The van der Waals surface area contributed by atoms with Gasteiger partial charge in [0.15, 0.2) is 0 Å². The fraction of sp³-hybridized carbons (Fsp3) is 0.333. The Morgan fingerprint density at radius 2 is 1.83 bits per heavy atom. The third-order valence-electron chi connectivity index (χ3n) is 4.18. The van der Waals surface area contributed by atoms with E-state index >= 15 is 0 Å². The summed E-state index contributed by atoms with van der Waals surface area (Å²) in [5.74, 6) is 1.03. The highest BCUT2D eigenvalue weighted by Crippen LogP contribution is 2.18. The van der Waals surface area contributed by atoms with E-state index in [4.69, 9.17) is 11.6 Å². The molecule has 0 radical (unpaired) electrons. The highest BCUT2D eigenvalue weighted by atomic mass is 35.5. The predicted octanol–water partition coefficient (Wildman–Crippen LogP) is 3.49. The van der Waals surface area contributed by atoms with Gasteiger partial charge in [-0.3, -0.25) is 4.79 Å². The molecular weight excluding hydrogens is 324 g/mol. The van der Waals surface area contributed by atoms with Crippen LogP contribution < -0.4 is 10.6 Å². The fourth-order valence-electron chi connectivity index (χ4n) is 2.78. The van der Waals surface area contributed by atoms with Crippen LogP contribution in [-0.4, -0.2) is 42.0 Å². The molecule has 2 heterocycles. The zero-order valence-electron chi connectivity index (χ0n) is 13.6. The van der Waals surface area contributed by atoms with Crippen LogP contribution in [-0.2, 0) is 0 Å². The van der Waals surface area contributed by atoms with Gasteiger partial charge < -0.3 is 15.5 Å². The first-order chi connectivity index (χ1) is 11.6. The Morgan fingerprint density at radius 1 is 1.12 bits per heavy atom. The van der Waals surface area contributed by atoms with Crippen molar-refractivity contribution in [3.8, 4) is 0 Å². The van der Waals surface area contributed by atoms with Crippen LogP contribution in [0, 0.1) is 0 Å². The number of carbonyl (C=O) groups is 1. The molecule has 126 valence electrons. The lowest BCUT2D eigenvalue weighted by Crippen LogP contribution is -2.36. The fourth-order valence-corrected chi connectivity index (χ4v) is 3.00. The SMILES string of the molecule is CN1CCC(Nc2cccc(NC(=O)c3ccccc3Cl)n2)CC1. The van der Waals surface area contributed by atoms with Crippen molar-refractivity contribution < 1.29 is 4.79 Å². The Kier molecular flexibility index (Phi) is 5.33. The first-order valence-electron chi connectivity index (χ1n) is 8.10. The van der Waals surface area contributed by atoms with Crippen molar-refractivity contribution >= 4 is 29.1 Å². The van der Waals surface area contributed by atoms with Gasteiger partial charge in [0.2, 0.25) is 0 Å². The molecule has 0 bridgehead atoms. The Labute approximate surface area is 147 Å². The van der Waals surface area contributed by atoms with Gasteiger partial charge in [0.05, 0.1) is 10.6 Å². The topological polar surface area (TPSA) is 57.3 Å². The number of benzene rings is 1. The lowest BCUT2D eigenvalue weighted by atomic mass is 10.1. The molecule has 2 N–H and O–H groups in total. The largest absolute Gasteiger partial charge is 0.367 e. The van der Waals surface area contributed by atoms with Gasteiger partial charge in [-0.15, -0.1) is 0 Å². The van der Waals surface area contributed by atoms with Gasteiger partial charge in [0.1, 0.15) is 11.6 Å². The molecule has 1 aromatic carbocycles. The summed E-state index contributed by atoms with van der Waals surface area (Å²) in [6, 6.07) is 13.0. The molecule has 6 heteroatoms. The van der Waals surface area contributed by atoms with Crippen LogP contribution in [0.15, 0.2) is 42.5 Å². The van der Waals surface area contributed by atoms with Crippen LogP contribution in [0.4, 0.5) is 11.6 Å². The molecular formula is C18H21ClN4O. The minimum atomic E-state index is -0.260. The number of piperidine rings is 1. The average Bonchev–Trinajstić information content (AvgIpc) is 2.58. The van der Waals surface area contributed by atoms with Gasteiger partial charge >= 0.3 is 0 Å². The number of aromatic nitrogens is 1. The molecule has 2 aromatic rings. The number of anilines is 2. The van der Waals surface area contributed by atoms with Crippen molar-refractivity contribution in [1.82, 2.24) is 9.88 Å². The molecule has 0 saturated carbocycles. The number of carbonyl (C=O) groups excluding carboxylic acids is 1. The van der Waals surface area contributed by atoms with Crippen molar-refractivity contribution in [2.45, 2.75) is 18.9 Å². The van der Waals surface area contributed by atoms with Gasteiger partial charge in [-0.1, -0.05) is 29.8 Å². The number of nitrogens with zero attached hydrogens (tertiary/aromatic N) is 2. The van der Waals surface area contributed by atoms with E-state index in [-0.39, 0.29) is 5.91 Å². The van der Waals surface area contributed by atoms with Gasteiger partial charge in [-0.05, 0) is 57.2 Å². The standard InChI is InChI=1S/C18H21ClN4O/c1-23-11-9-13(10-12-23)20-16-7-4-8-17(21-16)22-18(24)14-5-2-3-6-15(14)19/h2-8,13H,9-12H2,1H3,(H2,20,21,22,24). The number of pyridine rings is 1. The molecule has 0 aliphatic carbocycles. The molecule has 1 aliphatic heterocycles. The normalized spacial score (nSPS) is 15.9. The molecule has 5 nitrogen and oxygen atoms in total. The second-order valence-corrected chi connectivity index (χ2v) is 6.47. The molecule has 0 spiro atoms. The van der Waals surface area contributed by atoms with Crippen LogP contribution in [0.25, 0.3) is 0 Å². The van der Waals surface area contributed by atoms with Crippen LogP contribution in [0.2, 0.25) is 5.02 Å². The third-order valence-corrected chi connectivity index (χ3v) is 4.51. The number of likely N-dealkylation sites (tertiary alicyclic amines) is 1. The Balaban J connectivity index is 1.65. The van der Waals surface area contributed by atoms with E-state index in [1.807, 2.05) is 12.1 Å². The number of rotatable bonds is 4. The zero-order valence-corrected chi connectivity index (χ0v) is 14.4. The average molecular weight is 345 g/mol. The van der Waals surface area contributed by atoms with Crippen LogP contribution >= 0.6 is 11.6 Å². The summed E-state index contributed by atoms with van der Waals surface area (Å²) < 4.78 is 0. The number of nitrogens with one attached hydrogen (secondary N) is 2. The second kappa shape index (κ2) is 7.64. The molecule has 0 unspecified atom stereocenters. The van der Waals surface area contributed by atoms with Crippen molar-refractivity contribution in [3.05, 3.63) is 53.1 Å². The number of amides is 1. The summed E-state index contributed by atoms with van der Waals surface area (Å²) in [4.78, 5) is 19.1. The summed E-state index contributed by atoms with van der Waals surface area (Å²) in [6.07, 6.45) is 2.18. The first kappa shape index (κ1) is 16.7. The summed E-state index contributed by atoms with van der Waals surface area (Å²) in [5, 5.41) is 6.68. The van der Waals surface area contributed by atoms with Crippen molar-refractivity contribution in [3.63, 3.8) is 0 Å². The van der Waals surface area contributed by atoms with Crippen LogP contribution in [0.3, 0.4) is 0 Å². The lowest BCUT2D eigenvalue weighted by molar-refractivity contribution is 0.102. The van der Waals surface area contributed by atoms with E-state index in [9.17, 15) is 4.79 Å². The van der Waals surface area contributed by atoms with Crippen molar-refractivity contribution in [2.24, 2.45) is 0 Å². The smallest absolute Gasteiger partial charge is 0.258 e. The number of hydrogen-bond acceptors (Lipinski definition) is 4. The van der Waals surface area contributed by atoms with Crippen molar-refractivity contribution in [1.29, 1.82) is 0 Å². The Bertz CT molecular complexity index is 714. The van der Waals surface area contributed by atoms with E-state index in [2.05, 4.69) is 27.6 Å². The van der Waals surface area contributed by atoms with E-state index in [0.29, 0.717) is 22.4 Å². The van der Waals surface area contributed by atoms with Gasteiger partial charge in [-0.25, -0.2) is 4.98 Å². The molecule has 1 amide bonds. The second-order valence-electron chi connectivity index (χ2n) is 6.06. The molecule has 24 heavy (non-hydrogen) atoms. The lowest BCUT2D eigenvalue weighted by Gasteiger charge is -2.29. The summed E-state index contributed by atoms with van der Waals surface area (Å²) in [5.41, 5.74) is 0.439. The zero-order chi connectivity index (χ0) is 16.9. The van der Waals surface area contributed by atoms with Gasteiger partial charge in [0, 0.05) is 6.04 Å². The summed E-state index contributed by atoms with van der Waals surface area (Å²) >= 11 is 6.06. The summed E-state index contributed by atoms with van der Waals surface area (Å²) in [6.45, 7) is 2.17. The minimum absolute atomic E-state index is 0.260. The molecule has 1 saturated heterocycles. The molecule has 3 rings (SSSR count). The maximum Gasteiger partial charge on any atom is 0.258 e. The number of hydrogen-bond donors (Lipinski definition) is 2. The highest BCUT2D eigenvalue weighted by Gasteiger charge is 2.17. The predicted molar refractivity (Wildman–Crippen MR) is 97.8 cm³/mol. The Morgan fingerprint density at radius 3 is 2.58 bits per heavy atom. The number of halogens is 1. The quantitative estimate of drug-likeness (QED) is 0.891. The maximum atomic E-state index is 12.3. The first-order valence-corrected chi connectivity index (χ1v) is 8.47. The molecule has 0 atom stereocenters. The van der Waals surface area contributed by atoms with Crippen LogP contribution in [0.1, 0.15) is 23.2 Å². The monoisotopic (exact) mass is 344 g/mol. The maximum absolute atomic E-state index is 12.3. The molecule has 1 aromatic heterocycles. The third kappa shape index (κ3) is 4.24. The van der Waals surface area contributed by atoms with Gasteiger partial charge in [0.25, 0.3) is 5.91 Å². The molecule has 1 fully saturated rings. The molecule has 1 aliphatic rings. The van der Waals surface area contributed by atoms with Crippen LogP contribution in [0.5, 0.6) is 0 Å². The summed E-state index contributed by atoms with van der Waals surface area (Å²) in [7, 11) is 2.14. The van der Waals surface area contributed by atoms with E-state index < -0.39 is 0 Å². The van der Waals surface area contributed by atoms with E-state index in [1.165, 1.54) is 0 Å². The van der Waals surface area contributed by atoms with Gasteiger partial charge in [-0.2, -0.15) is 0 Å². The van der Waals surface area contributed by atoms with Crippen molar-refractivity contribution in [2.75, 3.05) is 30.8 Å². The Hall–Kier alpha value is -2.11. The highest BCUT2D eigenvalue weighted by molar-refractivity contribution is 6.34. The van der Waals surface area contributed by atoms with E-state index in [1.54, 1.807) is 30.3 Å². The minimum Gasteiger partial charge on any atom is -0.367 e. The van der Waals surface area contributed by atoms with E-state index in [0.717, 1.165) is 31.7 Å².